The maximum atomic E-state index is 12.9. The summed E-state index contributed by atoms with van der Waals surface area (Å²) in [7, 11) is -1.08. The van der Waals surface area contributed by atoms with Gasteiger partial charge in [-0.1, -0.05) is 12.1 Å². The maximum absolute atomic E-state index is 12.9. The zero-order chi connectivity index (χ0) is 18.7. The minimum absolute atomic E-state index is 0.0346. The van der Waals surface area contributed by atoms with E-state index < -0.39 is 10.8 Å². The zero-order valence-electron chi connectivity index (χ0n) is 15.0. The van der Waals surface area contributed by atoms with Gasteiger partial charge in [0.15, 0.2) is 0 Å². The number of hydrogen-bond donors (Lipinski definition) is 1. The molecule has 1 N–H and O–H groups in total. The van der Waals surface area contributed by atoms with Crippen molar-refractivity contribution in [3.63, 3.8) is 0 Å². The molecule has 0 radical (unpaired) electrons. The summed E-state index contributed by atoms with van der Waals surface area (Å²) in [5, 5.41) is 2.86. The lowest BCUT2D eigenvalue weighted by molar-refractivity contribution is 0.0793. The van der Waals surface area contributed by atoms with Crippen LogP contribution in [0.3, 0.4) is 0 Å². The summed E-state index contributed by atoms with van der Waals surface area (Å²) in [5.74, 6) is -0.327. The Hall–Kier alpha value is -2.47. The number of benzene rings is 2. The second kappa shape index (κ2) is 7.83. The van der Waals surface area contributed by atoms with Crippen molar-refractivity contribution < 1.29 is 13.8 Å². The van der Waals surface area contributed by atoms with Crippen molar-refractivity contribution in [1.82, 2.24) is 4.90 Å². The minimum atomic E-state index is -1.08. The van der Waals surface area contributed by atoms with Gasteiger partial charge < -0.3 is 10.2 Å². The quantitative estimate of drug-likeness (QED) is 0.899. The van der Waals surface area contributed by atoms with E-state index in [2.05, 4.69) is 5.32 Å². The summed E-state index contributed by atoms with van der Waals surface area (Å²) in [4.78, 5) is 28.0. The van der Waals surface area contributed by atoms with Crippen LogP contribution in [0.15, 0.2) is 47.4 Å². The number of likely N-dealkylation sites (tertiary alicyclic amines) is 1. The van der Waals surface area contributed by atoms with E-state index in [1.807, 2.05) is 24.0 Å². The Morgan fingerprint density at radius 3 is 2.31 bits per heavy atom. The van der Waals surface area contributed by atoms with Crippen LogP contribution in [0.2, 0.25) is 0 Å². The van der Waals surface area contributed by atoms with Crippen LogP contribution in [0.4, 0.5) is 5.69 Å². The van der Waals surface area contributed by atoms with E-state index >= 15 is 0 Å². The standard InChI is InChI=1S/C20H22N2O3S/c1-14-6-5-7-17(18(14)20(24)22-12-3-4-13-22)21-19(23)15-8-10-16(11-9-15)26(2)25/h5-11H,3-4,12-13H2,1-2H3,(H,21,23)/t26-/m1/s1. The first-order chi connectivity index (χ1) is 12.5. The number of rotatable bonds is 4. The van der Waals surface area contributed by atoms with Gasteiger partial charge in [0.05, 0.1) is 11.3 Å². The predicted molar refractivity (Wildman–Crippen MR) is 103 cm³/mol. The van der Waals surface area contributed by atoms with E-state index in [9.17, 15) is 13.8 Å². The molecule has 0 saturated carbocycles. The second-order valence-corrected chi connectivity index (χ2v) is 7.81. The normalized spacial score (nSPS) is 14.9. The molecule has 1 saturated heterocycles. The minimum Gasteiger partial charge on any atom is -0.339 e. The molecule has 1 fully saturated rings. The first-order valence-electron chi connectivity index (χ1n) is 8.61. The summed E-state index contributed by atoms with van der Waals surface area (Å²) in [6.07, 6.45) is 3.63. The smallest absolute Gasteiger partial charge is 0.256 e. The van der Waals surface area contributed by atoms with E-state index in [1.165, 1.54) is 0 Å². The third kappa shape index (κ3) is 3.85. The highest BCUT2D eigenvalue weighted by Crippen LogP contribution is 2.24. The third-order valence-electron chi connectivity index (χ3n) is 4.58. The molecule has 1 aliphatic rings. The molecule has 5 nitrogen and oxygen atoms in total. The highest BCUT2D eigenvalue weighted by Gasteiger charge is 2.24. The van der Waals surface area contributed by atoms with Gasteiger partial charge in [-0.3, -0.25) is 13.8 Å². The molecule has 0 bridgehead atoms. The van der Waals surface area contributed by atoms with Crippen molar-refractivity contribution in [2.24, 2.45) is 0 Å². The van der Waals surface area contributed by atoms with E-state index in [1.54, 1.807) is 36.6 Å². The SMILES string of the molecule is Cc1cccc(NC(=O)c2ccc([S@@](C)=O)cc2)c1C(=O)N1CCCC1. The summed E-state index contributed by atoms with van der Waals surface area (Å²) >= 11 is 0. The van der Waals surface area contributed by atoms with Crippen LogP contribution < -0.4 is 5.32 Å². The van der Waals surface area contributed by atoms with Crippen molar-refractivity contribution in [3.8, 4) is 0 Å². The Balaban J connectivity index is 1.85. The number of hydrogen-bond acceptors (Lipinski definition) is 3. The van der Waals surface area contributed by atoms with E-state index in [4.69, 9.17) is 0 Å². The first-order valence-corrected chi connectivity index (χ1v) is 10.2. The van der Waals surface area contributed by atoms with Gasteiger partial charge in [-0.25, -0.2) is 0 Å². The van der Waals surface area contributed by atoms with Crippen LogP contribution in [-0.4, -0.2) is 40.3 Å². The Labute approximate surface area is 155 Å². The summed E-state index contributed by atoms with van der Waals surface area (Å²) in [6.45, 7) is 3.40. The van der Waals surface area contributed by atoms with Crippen LogP contribution in [0.25, 0.3) is 0 Å². The zero-order valence-corrected chi connectivity index (χ0v) is 15.8. The van der Waals surface area contributed by atoms with Crippen molar-refractivity contribution >= 4 is 28.3 Å². The lowest BCUT2D eigenvalue weighted by Gasteiger charge is -2.19. The number of aryl methyl sites for hydroxylation is 1. The largest absolute Gasteiger partial charge is 0.339 e. The Bertz CT molecular complexity index is 856. The van der Waals surface area contributed by atoms with Gasteiger partial charge in [0, 0.05) is 40.6 Å². The molecule has 1 aliphatic heterocycles. The monoisotopic (exact) mass is 370 g/mol. The number of nitrogens with zero attached hydrogens (tertiary/aromatic N) is 1. The molecule has 6 heteroatoms. The van der Waals surface area contributed by atoms with Crippen LogP contribution in [0.5, 0.6) is 0 Å². The van der Waals surface area contributed by atoms with Crippen molar-refractivity contribution in [1.29, 1.82) is 0 Å². The fourth-order valence-corrected chi connectivity index (χ4v) is 3.65. The Kier molecular flexibility index (Phi) is 5.52. The van der Waals surface area contributed by atoms with Gasteiger partial charge >= 0.3 is 0 Å². The van der Waals surface area contributed by atoms with Crippen LogP contribution in [0.1, 0.15) is 39.1 Å². The Morgan fingerprint density at radius 2 is 1.69 bits per heavy atom. The van der Waals surface area contributed by atoms with Gasteiger partial charge in [0.2, 0.25) is 0 Å². The van der Waals surface area contributed by atoms with Gasteiger partial charge in [-0.2, -0.15) is 0 Å². The molecule has 0 aromatic heterocycles. The molecule has 0 unspecified atom stereocenters. The molecule has 2 aromatic carbocycles. The van der Waals surface area contributed by atoms with Crippen molar-refractivity contribution in [2.45, 2.75) is 24.7 Å². The second-order valence-electron chi connectivity index (χ2n) is 6.43. The summed E-state index contributed by atoms with van der Waals surface area (Å²) in [5.41, 5.74) is 2.38. The van der Waals surface area contributed by atoms with E-state index in [0.29, 0.717) is 21.7 Å². The topological polar surface area (TPSA) is 66.5 Å². The molecule has 2 aromatic rings. The number of carbonyl (C=O) groups is 2. The fourth-order valence-electron chi connectivity index (χ4n) is 3.13. The first kappa shape index (κ1) is 18.3. The number of amides is 2. The molecule has 3 rings (SSSR count). The van der Waals surface area contributed by atoms with Gasteiger partial charge in [0.1, 0.15) is 0 Å². The van der Waals surface area contributed by atoms with Gasteiger partial charge in [-0.15, -0.1) is 0 Å². The fraction of sp³-hybridized carbons (Fsp3) is 0.300. The maximum Gasteiger partial charge on any atom is 0.256 e. The van der Waals surface area contributed by atoms with Gasteiger partial charge in [-0.05, 0) is 55.7 Å². The molecule has 2 amide bonds. The highest BCUT2D eigenvalue weighted by atomic mass is 32.2. The average molecular weight is 370 g/mol. The van der Waals surface area contributed by atoms with Crippen LogP contribution >= 0.6 is 0 Å². The molecule has 136 valence electrons. The molecular formula is C20H22N2O3S. The lowest BCUT2D eigenvalue weighted by atomic mass is 10.0. The molecule has 1 heterocycles. The average Bonchev–Trinajstić information content (AvgIpc) is 3.16. The molecular weight excluding hydrogens is 348 g/mol. The number of anilines is 1. The molecule has 1 atom stereocenters. The van der Waals surface area contributed by atoms with E-state index in [-0.39, 0.29) is 11.8 Å². The summed E-state index contributed by atoms with van der Waals surface area (Å²) in [6, 6.07) is 12.1. The summed E-state index contributed by atoms with van der Waals surface area (Å²) < 4.78 is 11.5. The van der Waals surface area contributed by atoms with Crippen LogP contribution in [-0.2, 0) is 10.8 Å². The van der Waals surface area contributed by atoms with E-state index in [0.717, 1.165) is 31.5 Å². The number of carbonyl (C=O) groups excluding carboxylic acids is 2. The third-order valence-corrected chi connectivity index (χ3v) is 5.51. The molecule has 26 heavy (non-hydrogen) atoms. The van der Waals surface area contributed by atoms with Gasteiger partial charge in [0.25, 0.3) is 11.8 Å². The van der Waals surface area contributed by atoms with Crippen molar-refractivity contribution in [3.05, 3.63) is 59.2 Å². The Morgan fingerprint density at radius 1 is 1.04 bits per heavy atom. The number of nitrogens with one attached hydrogen (secondary N) is 1. The van der Waals surface area contributed by atoms with Crippen molar-refractivity contribution in [2.75, 3.05) is 24.7 Å². The van der Waals surface area contributed by atoms with Crippen LogP contribution in [0, 0.1) is 6.92 Å². The molecule has 0 spiro atoms. The lowest BCUT2D eigenvalue weighted by Crippen LogP contribution is -2.29. The molecule has 0 aliphatic carbocycles. The highest BCUT2D eigenvalue weighted by molar-refractivity contribution is 7.84. The predicted octanol–water partition coefficient (Wildman–Crippen LogP) is 3.22.